The summed E-state index contributed by atoms with van der Waals surface area (Å²) in [5.41, 5.74) is 3.88. The summed E-state index contributed by atoms with van der Waals surface area (Å²) < 4.78 is 22.3. The van der Waals surface area contributed by atoms with Crippen molar-refractivity contribution < 1.29 is 28.8 Å². The number of ether oxygens (including phenoxy) is 4. The molecule has 0 radical (unpaired) electrons. The zero-order valence-electron chi connectivity index (χ0n) is 21.5. The highest BCUT2D eigenvalue weighted by molar-refractivity contribution is 6.15. The van der Waals surface area contributed by atoms with Gasteiger partial charge in [-0.3, -0.25) is 14.6 Å². The van der Waals surface area contributed by atoms with E-state index in [0.717, 1.165) is 49.8 Å². The van der Waals surface area contributed by atoms with Crippen LogP contribution in [-0.4, -0.2) is 60.8 Å². The summed E-state index contributed by atoms with van der Waals surface area (Å²) in [4.78, 5) is 18.0. The van der Waals surface area contributed by atoms with E-state index in [-0.39, 0.29) is 24.1 Å². The number of phenolic OH excluding ortho intramolecular Hbond substituents is 1. The van der Waals surface area contributed by atoms with E-state index >= 15 is 0 Å². The van der Waals surface area contributed by atoms with Gasteiger partial charge < -0.3 is 24.1 Å². The van der Waals surface area contributed by atoms with Gasteiger partial charge in [0, 0.05) is 39.3 Å². The fraction of sp³-hybridized carbons (Fsp3) is 0.300. The molecular weight excluding hydrogens is 484 g/mol. The lowest BCUT2D eigenvalue weighted by Gasteiger charge is -2.35. The minimum atomic E-state index is -0.171. The summed E-state index contributed by atoms with van der Waals surface area (Å²) in [5, 5.41) is 10.9. The van der Waals surface area contributed by atoms with Crippen molar-refractivity contribution in [1.82, 2.24) is 9.80 Å². The Morgan fingerprint density at radius 2 is 1.74 bits per heavy atom. The topological polar surface area (TPSA) is 80.7 Å². The third-order valence-corrected chi connectivity index (χ3v) is 7.30. The molecule has 1 fully saturated rings. The highest BCUT2D eigenvalue weighted by Crippen LogP contribution is 2.42. The van der Waals surface area contributed by atoms with E-state index in [4.69, 9.17) is 18.9 Å². The van der Waals surface area contributed by atoms with Crippen molar-refractivity contribution in [2.45, 2.75) is 20.0 Å². The molecule has 0 bridgehead atoms. The number of phenols is 1. The molecule has 0 aromatic heterocycles. The van der Waals surface area contributed by atoms with Gasteiger partial charge in [-0.25, -0.2) is 0 Å². The number of aryl methyl sites for hydroxylation is 1. The molecule has 8 nitrogen and oxygen atoms in total. The van der Waals surface area contributed by atoms with Gasteiger partial charge in [0.2, 0.25) is 12.6 Å². The molecule has 0 atom stereocenters. The molecule has 196 valence electrons. The monoisotopic (exact) mass is 514 g/mol. The van der Waals surface area contributed by atoms with Crippen LogP contribution >= 0.6 is 0 Å². The fourth-order valence-corrected chi connectivity index (χ4v) is 5.24. The molecule has 3 aliphatic rings. The van der Waals surface area contributed by atoms with Gasteiger partial charge in [-0.1, -0.05) is 18.2 Å². The Morgan fingerprint density at radius 1 is 0.974 bits per heavy atom. The maximum atomic E-state index is 13.3. The molecule has 3 aliphatic heterocycles. The molecule has 0 amide bonds. The number of allylic oxidation sites excluding steroid dienone is 1. The van der Waals surface area contributed by atoms with E-state index in [1.54, 1.807) is 19.3 Å². The normalized spacial score (nSPS) is 18.1. The lowest BCUT2D eigenvalue weighted by Crippen LogP contribution is -2.45. The minimum Gasteiger partial charge on any atom is -0.507 e. The number of aromatic hydroxyl groups is 1. The lowest BCUT2D eigenvalue weighted by molar-refractivity contribution is 0.101. The van der Waals surface area contributed by atoms with Crippen molar-refractivity contribution in [1.29, 1.82) is 0 Å². The zero-order valence-corrected chi connectivity index (χ0v) is 21.5. The van der Waals surface area contributed by atoms with Crippen molar-refractivity contribution in [3.8, 4) is 28.7 Å². The largest absolute Gasteiger partial charge is 0.507 e. The first-order valence-electron chi connectivity index (χ1n) is 12.8. The van der Waals surface area contributed by atoms with Gasteiger partial charge in [0.25, 0.3) is 0 Å². The second-order valence-electron chi connectivity index (χ2n) is 9.85. The van der Waals surface area contributed by atoms with Gasteiger partial charge in [0.05, 0.1) is 18.2 Å². The Morgan fingerprint density at radius 3 is 2.53 bits per heavy atom. The third-order valence-electron chi connectivity index (χ3n) is 7.30. The summed E-state index contributed by atoms with van der Waals surface area (Å²) in [6.07, 6.45) is 1.72. The molecule has 38 heavy (non-hydrogen) atoms. The second-order valence-corrected chi connectivity index (χ2v) is 9.85. The van der Waals surface area contributed by atoms with Crippen LogP contribution in [-0.2, 0) is 13.1 Å². The highest BCUT2D eigenvalue weighted by atomic mass is 16.7. The van der Waals surface area contributed by atoms with Gasteiger partial charge in [-0.05, 0) is 60.0 Å². The number of piperazine rings is 1. The number of fused-ring (bicyclic) bond motifs is 2. The Labute approximate surface area is 221 Å². The third kappa shape index (κ3) is 4.68. The standard InChI is InChI=1S/C30H30N2O6/c1-19-12-24(33)23(30-28(19)29(34)27(38-30)14-20-4-3-5-22(13-20)35-2)17-32-10-8-31(9-11-32)16-21-6-7-25-26(15-21)37-18-36-25/h3-7,12-15,33H,8-11,16-18H2,1-2H3/b27-14-. The van der Waals surface area contributed by atoms with Gasteiger partial charge >= 0.3 is 0 Å². The maximum Gasteiger partial charge on any atom is 0.232 e. The van der Waals surface area contributed by atoms with E-state index in [0.29, 0.717) is 34.7 Å². The zero-order chi connectivity index (χ0) is 26.2. The van der Waals surface area contributed by atoms with Crippen LogP contribution in [0, 0.1) is 6.92 Å². The number of hydrogen-bond acceptors (Lipinski definition) is 8. The second kappa shape index (κ2) is 10.0. The number of carbonyl (C=O) groups excluding carboxylic acids is 1. The number of carbonyl (C=O) groups is 1. The van der Waals surface area contributed by atoms with Crippen LogP contribution in [0.15, 0.2) is 54.3 Å². The SMILES string of the molecule is COc1cccc(/C=C2\Oc3c(CN4CCN(Cc5ccc6c(c5)OCO6)CC4)c(O)cc(C)c3C2=O)c1. The Balaban J connectivity index is 1.15. The molecule has 8 heteroatoms. The Kier molecular flexibility index (Phi) is 6.43. The maximum absolute atomic E-state index is 13.3. The quantitative estimate of drug-likeness (QED) is 0.486. The van der Waals surface area contributed by atoms with Gasteiger partial charge in [-0.2, -0.15) is 0 Å². The van der Waals surface area contributed by atoms with Crippen LogP contribution in [0.25, 0.3) is 6.08 Å². The fourth-order valence-electron chi connectivity index (χ4n) is 5.24. The summed E-state index contributed by atoms with van der Waals surface area (Å²) in [5.74, 6) is 3.00. The number of ketones is 1. The molecule has 0 unspecified atom stereocenters. The van der Waals surface area contributed by atoms with Crippen molar-refractivity contribution in [2.75, 3.05) is 40.1 Å². The minimum absolute atomic E-state index is 0.152. The van der Waals surface area contributed by atoms with Crippen LogP contribution in [0.2, 0.25) is 0 Å². The number of hydrogen-bond donors (Lipinski definition) is 1. The smallest absolute Gasteiger partial charge is 0.232 e. The summed E-state index contributed by atoms with van der Waals surface area (Å²) >= 11 is 0. The number of benzene rings is 3. The first-order valence-corrected chi connectivity index (χ1v) is 12.8. The molecular formula is C30H30N2O6. The lowest BCUT2D eigenvalue weighted by atomic mass is 9.99. The Hall–Kier alpha value is -4.01. The molecule has 1 N–H and O–H groups in total. The molecule has 3 heterocycles. The van der Waals surface area contributed by atoms with Crippen molar-refractivity contribution in [3.63, 3.8) is 0 Å². The van der Waals surface area contributed by atoms with Crippen molar-refractivity contribution in [2.24, 2.45) is 0 Å². The van der Waals surface area contributed by atoms with Crippen LogP contribution in [0.1, 0.15) is 32.6 Å². The molecule has 3 aromatic rings. The molecule has 6 rings (SSSR count). The van der Waals surface area contributed by atoms with E-state index in [1.807, 2.05) is 43.3 Å². The van der Waals surface area contributed by atoms with Crippen LogP contribution in [0.4, 0.5) is 0 Å². The first-order chi connectivity index (χ1) is 18.5. The molecule has 0 spiro atoms. The number of rotatable bonds is 6. The molecule has 3 aromatic carbocycles. The summed E-state index contributed by atoms with van der Waals surface area (Å²) in [7, 11) is 1.61. The van der Waals surface area contributed by atoms with E-state index in [2.05, 4.69) is 15.9 Å². The van der Waals surface area contributed by atoms with E-state index in [9.17, 15) is 9.90 Å². The first kappa shape index (κ1) is 24.3. The predicted molar refractivity (Wildman–Crippen MR) is 142 cm³/mol. The Bertz CT molecular complexity index is 1420. The van der Waals surface area contributed by atoms with Gasteiger partial charge in [0.1, 0.15) is 17.2 Å². The van der Waals surface area contributed by atoms with Crippen molar-refractivity contribution in [3.05, 3.63) is 82.1 Å². The highest BCUT2D eigenvalue weighted by Gasteiger charge is 2.34. The van der Waals surface area contributed by atoms with E-state index in [1.165, 1.54) is 5.56 Å². The molecule has 0 saturated carbocycles. The van der Waals surface area contributed by atoms with Crippen LogP contribution < -0.4 is 18.9 Å². The number of nitrogens with zero attached hydrogens (tertiary/aromatic N) is 2. The average molecular weight is 515 g/mol. The van der Waals surface area contributed by atoms with E-state index < -0.39 is 0 Å². The van der Waals surface area contributed by atoms with Crippen LogP contribution in [0.3, 0.4) is 0 Å². The predicted octanol–water partition coefficient (Wildman–Crippen LogP) is 4.37. The van der Waals surface area contributed by atoms with Crippen molar-refractivity contribution >= 4 is 11.9 Å². The summed E-state index contributed by atoms with van der Waals surface area (Å²) in [6, 6.07) is 15.2. The molecule has 1 saturated heterocycles. The number of methoxy groups -OCH3 is 1. The van der Waals surface area contributed by atoms with Gasteiger partial charge in [-0.15, -0.1) is 0 Å². The van der Waals surface area contributed by atoms with Crippen LogP contribution in [0.5, 0.6) is 28.7 Å². The summed E-state index contributed by atoms with van der Waals surface area (Å²) in [6.45, 7) is 6.92. The van der Waals surface area contributed by atoms with Gasteiger partial charge in [0.15, 0.2) is 17.3 Å². The molecule has 0 aliphatic carbocycles. The average Bonchev–Trinajstić information content (AvgIpc) is 3.52. The number of Topliss-reactive ketones (excluding diaryl/α,β-unsaturated/α-hetero) is 1.